The van der Waals surface area contributed by atoms with Gasteiger partial charge in [0, 0.05) is 22.2 Å². The van der Waals surface area contributed by atoms with Crippen LogP contribution in [0.25, 0.3) is 0 Å². The fourth-order valence-electron chi connectivity index (χ4n) is 2.37. The van der Waals surface area contributed by atoms with Gasteiger partial charge in [0.1, 0.15) is 16.8 Å². The highest BCUT2D eigenvalue weighted by atomic mass is 35.5. The van der Waals surface area contributed by atoms with Crippen LogP contribution in [0.3, 0.4) is 0 Å². The minimum absolute atomic E-state index is 0.503. The molecule has 1 aliphatic rings. The van der Waals surface area contributed by atoms with E-state index in [0.29, 0.717) is 5.15 Å². The van der Waals surface area contributed by atoms with E-state index in [1.807, 2.05) is 18.3 Å². The van der Waals surface area contributed by atoms with Crippen LogP contribution in [0, 0.1) is 0 Å². The van der Waals surface area contributed by atoms with Gasteiger partial charge in [-0.15, -0.1) is 11.3 Å². The summed E-state index contributed by atoms with van der Waals surface area (Å²) in [5, 5.41) is 3.84. The molecule has 2 heterocycles. The molecular formula is C14H16ClN3S. The van der Waals surface area contributed by atoms with Crippen molar-refractivity contribution in [2.75, 3.05) is 5.32 Å². The summed E-state index contributed by atoms with van der Waals surface area (Å²) in [5.41, 5.74) is 1.54. The predicted octanol–water partition coefficient (Wildman–Crippen LogP) is 3.85. The second kappa shape index (κ2) is 5.47. The lowest BCUT2D eigenvalue weighted by Crippen LogP contribution is -2.03. The standard InChI is InChI=1S/C14H16ClN3S/c1-2-13-17-12(15)7-14(18-13)16-8-10-6-9-4-3-5-11(9)19-10/h6-7H,2-5,8H2,1H3,(H,16,17,18). The van der Waals surface area contributed by atoms with E-state index < -0.39 is 0 Å². The molecule has 19 heavy (non-hydrogen) atoms. The summed E-state index contributed by atoms with van der Waals surface area (Å²) in [6, 6.07) is 4.10. The van der Waals surface area contributed by atoms with Gasteiger partial charge in [-0.3, -0.25) is 0 Å². The van der Waals surface area contributed by atoms with Gasteiger partial charge >= 0.3 is 0 Å². The quantitative estimate of drug-likeness (QED) is 0.870. The summed E-state index contributed by atoms with van der Waals surface area (Å²) in [7, 11) is 0. The summed E-state index contributed by atoms with van der Waals surface area (Å²) in [6.07, 6.45) is 4.60. The van der Waals surface area contributed by atoms with Gasteiger partial charge < -0.3 is 5.32 Å². The second-order valence-electron chi connectivity index (χ2n) is 4.71. The van der Waals surface area contributed by atoms with Crippen molar-refractivity contribution in [3.8, 4) is 0 Å². The van der Waals surface area contributed by atoms with Gasteiger partial charge in [-0.1, -0.05) is 18.5 Å². The number of rotatable bonds is 4. The van der Waals surface area contributed by atoms with Crippen molar-refractivity contribution in [1.29, 1.82) is 0 Å². The third-order valence-electron chi connectivity index (χ3n) is 3.30. The molecule has 0 aromatic carbocycles. The minimum Gasteiger partial charge on any atom is -0.365 e. The number of aromatic nitrogens is 2. The van der Waals surface area contributed by atoms with Gasteiger partial charge in [-0.25, -0.2) is 9.97 Å². The van der Waals surface area contributed by atoms with E-state index in [2.05, 4.69) is 21.4 Å². The van der Waals surface area contributed by atoms with Crippen LogP contribution < -0.4 is 5.32 Å². The van der Waals surface area contributed by atoms with E-state index in [4.69, 9.17) is 11.6 Å². The molecule has 5 heteroatoms. The molecule has 2 aromatic rings. The number of nitrogens with one attached hydrogen (secondary N) is 1. The van der Waals surface area contributed by atoms with Crippen LogP contribution in [0.1, 0.15) is 34.5 Å². The van der Waals surface area contributed by atoms with Crippen LogP contribution >= 0.6 is 22.9 Å². The zero-order valence-corrected chi connectivity index (χ0v) is 12.4. The fourth-order valence-corrected chi connectivity index (χ4v) is 3.77. The Kier molecular flexibility index (Phi) is 3.71. The first-order valence-corrected chi connectivity index (χ1v) is 7.82. The molecule has 0 bridgehead atoms. The van der Waals surface area contributed by atoms with E-state index in [1.54, 1.807) is 10.9 Å². The number of fused-ring (bicyclic) bond motifs is 1. The smallest absolute Gasteiger partial charge is 0.134 e. The van der Waals surface area contributed by atoms with E-state index in [0.717, 1.165) is 24.6 Å². The second-order valence-corrected chi connectivity index (χ2v) is 6.32. The maximum atomic E-state index is 5.98. The molecule has 0 aliphatic heterocycles. The lowest BCUT2D eigenvalue weighted by molar-refractivity contribution is 0.912. The summed E-state index contributed by atoms with van der Waals surface area (Å²) in [5.74, 6) is 1.59. The third kappa shape index (κ3) is 2.90. The van der Waals surface area contributed by atoms with Gasteiger partial charge in [-0.2, -0.15) is 0 Å². The Bertz CT molecular complexity index is 573. The van der Waals surface area contributed by atoms with Crippen LogP contribution in [0.4, 0.5) is 5.82 Å². The zero-order chi connectivity index (χ0) is 13.2. The average Bonchev–Trinajstić information content (AvgIpc) is 2.96. The Morgan fingerprint density at radius 3 is 3.00 bits per heavy atom. The number of halogens is 1. The molecule has 0 amide bonds. The third-order valence-corrected chi connectivity index (χ3v) is 4.73. The van der Waals surface area contributed by atoms with Gasteiger partial charge in [0.2, 0.25) is 0 Å². The highest BCUT2D eigenvalue weighted by Crippen LogP contribution is 2.30. The van der Waals surface area contributed by atoms with Crippen molar-refractivity contribution in [2.24, 2.45) is 0 Å². The van der Waals surface area contributed by atoms with Crippen LogP contribution in [-0.4, -0.2) is 9.97 Å². The van der Waals surface area contributed by atoms with Crippen LogP contribution in [0.15, 0.2) is 12.1 Å². The molecule has 100 valence electrons. The summed E-state index contributed by atoms with van der Waals surface area (Å²) in [4.78, 5) is 11.5. The maximum absolute atomic E-state index is 5.98. The normalized spacial score (nSPS) is 13.6. The molecule has 0 fully saturated rings. The number of hydrogen-bond acceptors (Lipinski definition) is 4. The Labute approximate surface area is 122 Å². The van der Waals surface area contributed by atoms with Gasteiger partial charge in [0.15, 0.2) is 0 Å². The van der Waals surface area contributed by atoms with Crippen molar-refractivity contribution in [2.45, 2.75) is 39.2 Å². The number of thiophene rings is 1. The van der Waals surface area contributed by atoms with Crippen LogP contribution in [0.2, 0.25) is 5.15 Å². The first-order valence-electron chi connectivity index (χ1n) is 6.62. The Morgan fingerprint density at radius 1 is 1.32 bits per heavy atom. The topological polar surface area (TPSA) is 37.8 Å². The van der Waals surface area contributed by atoms with Crippen molar-refractivity contribution in [3.05, 3.63) is 38.4 Å². The molecule has 0 saturated carbocycles. The van der Waals surface area contributed by atoms with E-state index in [9.17, 15) is 0 Å². The lowest BCUT2D eigenvalue weighted by Gasteiger charge is -2.06. The van der Waals surface area contributed by atoms with Gasteiger partial charge in [-0.05, 0) is 30.9 Å². The molecule has 0 atom stereocenters. The van der Waals surface area contributed by atoms with Crippen LogP contribution in [-0.2, 0) is 25.8 Å². The highest BCUT2D eigenvalue weighted by Gasteiger charge is 2.14. The molecule has 0 spiro atoms. The predicted molar refractivity (Wildman–Crippen MR) is 80.1 cm³/mol. The summed E-state index contributed by atoms with van der Waals surface area (Å²) >= 11 is 7.90. The molecule has 2 aromatic heterocycles. The van der Waals surface area contributed by atoms with E-state index >= 15 is 0 Å². The molecule has 1 aliphatic carbocycles. The first-order chi connectivity index (χ1) is 9.24. The number of hydrogen-bond donors (Lipinski definition) is 1. The monoisotopic (exact) mass is 293 g/mol. The number of anilines is 1. The van der Waals surface area contributed by atoms with Crippen molar-refractivity contribution >= 4 is 28.8 Å². The highest BCUT2D eigenvalue weighted by molar-refractivity contribution is 7.12. The SMILES string of the molecule is CCc1nc(Cl)cc(NCc2cc3c(s2)CCC3)n1. The summed E-state index contributed by atoms with van der Waals surface area (Å²) < 4.78 is 0. The Hall–Kier alpha value is -1.13. The number of nitrogens with zero attached hydrogens (tertiary/aromatic N) is 2. The van der Waals surface area contributed by atoms with Gasteiger partial charge in [0.05, 0.1) is 6.54 Å². The lowest BCUT2D eigenvalue weighted by atomic mass is 10.2. The largest absolute Gasteiger partial charge is 0.365 e. The molecule has 0 unspecified atom stereocenters. The van der Waals surface area contributed by atoms with Crippen molar-refractivity contribution in [1.82, 2.24) is 9.97 Å². The fraction of sp³-hybridized carbons (Fsp3) is 0.429. The van der Waals surface area contributed by atoms with E-state index in [-0.39, 0.29) is 0 Å². The Balaban J connectivity index is 1.69. The number of aryl methyl sites for hydroxylation is 3. The molecular weight excluding hydrogens is 278 g/mol. The van der Waals surface area contributed by atoms with Crippen LogP contribution in [0.5, 0.6) is 0 Å². The molecule has 0 saturated heterocycles. The zero-order valence-electron chi connectivity index (χ0n) is 10.9. The maximum Gasteiger partial charge on any atom is 0.134 e. The molecule has 3 nitrogen and oxygen atoms in total. The van der Waals surface area contributed by atoms with Crippen molar-refractivity contribution < 1.29 is 0 Å². The minimum atomic E-state index is 0.503. The van der Waals surface area contributed by atoms with Crippen molar-refractivity contribution in [3.63, 3.8) is 0 Å². The molecule has 1 N–H and O–H groups in total. The van der Waals surface area contributed by atoms with E-state index in [1.165, 1.54) is 29.7 Å². The first kappa shape index (κ1) is 12.9. The Morgan fingerprint density at radius 2 is 2.21 bits per heavy atom. The molecule has 0 radical (unpaired) electrons. The molecule has 3 rings (SSSR count). The van der Waals surface area contributed by atoms with Gasteiger partial charge in [0.25, 0.3) is 0 Å². The average molecular weight is 294 g/mol. The summed E-state index contributed by atoms with van der Waals surface area (Å²) in [6.45, 7) is 2.84.